The van der Waals surface area contributed by atoms with Gasteiger partial charge in [-0.25, -0.2) is 9.78 Å². The van der Waals surface area contributed by atoms with Crippen molar-refractivity contribution in [2.24, 2.45) is 0 Å². The quantitative estimate of drug-likeness (QED) is 0.217. The standard InChI is InChI=1S/C24H19ClN2O6S/c1-30-17-9-13(10-18(31-2)21(17)32-3)20-19(25)22(28)27(20)24-26-15(11-34-24)14-8-12-6-4-5-7-16(12)33-23(14)29/h4-11,19-20H,1-3H3. The summed E-state index contributed by atoms with van der Waals surface area (Å²) < 4.78 is 21.7. The van der Waals surface area contributed by atoms with Crippen molar-refractivity contribution in [1.29, 1.82) is 0 Å². The Morgan fingerprint density at radius 1 is 1.03 bits per heavy atom. The molecule has 1 amide bonds. The lowest BCUT2D eigenvalue weighted by Gasteiger charge is -2.43. The van der Waals surface area contributed by atoms with E-state index >= 15 is 0 Å². The van der Waals surface area contributed by atoms with Crippen LogP contribution in [0.5, 0.6) is 17.2 Å². The second-order valence-corrected chi connectivity index (χ2v) is 8.82. The number of carbonyl (C=O) groups is 1. The van der Waals surface area contributed by atoms with Crippen molar-refractivity contribution in [2.45, 2.75) is 11.4 Å². The highest BCUT2D eigenvalue weighted by Crippen LogP contribution is 2.48. The Hall–Kier alpha value is -3.56. The van der Waals surface area contributed by atoms with Crippen LogP contribution in [0.25, 0.3) is 22.2 Å². The van der Waals surface area contributed by atoms with E-state index < -0.39 is 17.0 Å². The molecule has 5 rings (SSSR count). The van der Waals surface area contributed by atoms with Gasteiger partial charge >= 0.3 is 5.63 Å². The van der Waals surface area contributed by atoms with Gasteiger partial charge in [-0.1, -0.05) is 18.2 Å². The zero-order valence-corrected chi connectivity index (χ0v) is 20.0. The first-order chi connectivity index (χ1) is 16.5. The number of rotatable bonds is 6. The molecule has 0 N–H and O–H groups in total. The molecule has 0 saturated carbocycles. The van der Waals surface area contributed by atoms with E-state index in [0.29, 0.717) is 44.8 Å². The summed E-state index contributed by atoms with van der Waals surface area (Å²) in [5.41, 5.74) is 1.45. The third-order valence-electron chi connectivity index (χ3n) is 5.67. The Bertz CT molecular complexity index is 1440. The largest absolute Gasteiger partial charge is 0.493 e. The molecule has 0 aliphatic carbocycles. The number of thiazole rings is 1. The van der Waals surface area contributed by atoms with Gasteiger partial charge in [0.05, 0.1) is 38.6 Å². The minimum atomic E-state index is -0.791. The molecule has 4 aromatic rings. The lowest BCUT2D eigenvalue weighted by molar-refractivity contribution is -0.123. The van der Waals surface area contributed by atoms with E-state index in [1.807, 2.05) is 12.1 Å². The first-order valence-corrected chi connectivity index (χ1v) is 11.5. The summed E-state index contributed by atoms with van der Waals surface area (Å²) in [5.74, 6) is 1.06. The first kappa shape index (κ1) is 22.2. The van der Waals surface area contributed by atoms with Gasteiger partial charge < -0.3 is 18.6 Å². The number of nitrogens with zero attached hydrogens (tertiary/aromatic N) is 2. The number of para-hydroxylation sites is 1. The molecule has 2 aromatic heterocycles. The number of aromatic nitrogens is 1. The molecular weight excluding hydrogens is 480 g/mol. The summed E-state index contributed by atoms with van der Waals surface area (Å²) in [4.78, 5) is 31.4. The molecule has 1 saturated heterocycles. The Kier molecular flexibility index (Phi) is 5.66. The smallest absolute Gasteiger partial charge is 0.345 e. The number of benzene rings is 2. The van der Waals surface area contributed by atoms with Gasteiger partial charge in [-0.2, -0.15) is 0 Å². The van der Waals surface area contributed by atoms with Gasteiger partial charge in [0.2, 0.25) is 11.7 Å². The fraction of sp³-hybridized carbons (Fsp3) is 0.208. The normalized spacial score (nSPS) is 17.5. The molecule has 0 radical (unpaired) electrons. The second kappa shape index (κ2) is 8.66. The number of β-lactam (4-membered cyclic amide) rings is 1. The van der Waals surface area contributed by atoms with Crippen molar-refractivity contribution < 1.29 is 23.4 Å². The van der Waals surface area contributed by atoms with Crippen LogP contribution in [0.3, 0.4) is 0 Å². The van der Waals surface area contributed by atoms with Gasteiger partial charge in [0.15, 0.2) is 16.6 Å². The van der Waals surface area contributed by atoms with Crippen molar-refractivity contribution >= 4 is 44.9 Å². The van der Waals surface area contributed by atoms with E-state index in [1.165, 1.54) is 37.6 Å². The minimum Gasteiger partial charge on any atom is -0.493 e. The minimum absolute atomic E-state index is 0.285. The third-order valence-corrected chi connectivity index (χ3v) is 6.94. The highest BCUT2D eigenvalue weighted by Gasteiger charge is 2.49. The van der Waals surface area contributed by atoms with Crippen molar-refractivity contribution in [1.82, 2.24) is 4.98 Å². The Labute approximate surface area is 203 Å². The van der Waals surface area contributed by atoms with Gasteiger partial charge in [-0.05, 0) is 29.8 Å². The van der Waals surface area contributed by atoms with Crippen molar-refractivity contribution in [3.8, 4) is 28.5 Å². The third kappa shape index (κ3) is 3.48. The van der Waals surface area contributed by atoms with Crippen molar-refractivity contribution in [2.75, 3.05) is 26.2 Å². The molecule has 34 heavy (non-hydrogen) atoms. The molecule has 0 bridgehead atoms. The zero-order valence-electron chi connectivity index (χ0n) is 18.4. The van der Waals surface area contributed by atoms with E-state index in [-0.39, 0.29) is 5.91 Å². The number of fused-ring (bicyclic) bond motifs is 1. The lowest BCUT2D eigenvalue weighted by atomic mass is 9.93. The topological polar surface area (TPSA) is 91.1 Å². The fourth-order valence-corrected chi connectivity index (χ4v) is 5.22. The maximum absolute atomic E-state index is 12.8. The van der Waals surface area contributed by atoms with Crippen LogP contribution < -0.4 is 24.7 Å². The van der Waals surface area contributed by atoms with E-state index in [2.05, 4.69) is 4.98 Å². The number of amides is 1. The van der Waals surface area contributed by atoms with E-state index in [0.717, 1.165) is 5.39 Å². The van der Waals surface area contributed by atoms with Gasteiger partial charge in [0.25, 0.3) is 0 Å². The highest BCUT2D eigenvalue weighted by molar-refractivity contribution is 7.14. The number of hydrogen-bond acceptors (Lipinski definition) is 8. The molecular formula is C24H19ClN2O6S. The number of alkyl halides is 1. The Morgan fingerprint density at radius 2 is 1.74 bits per heavy atom. The first-order valence-electron chi connectivity index (χ1n) is 10.2. The molecule has 174 valence electrons. The molecule has 3 heterocycles. The predicted octanol–water partition coefficient (Wildman–Crippen LogP) is 4.64. The number of anilines is 1. The summed E-state index contributed by atoms with van der Waals surface area (Å²) in [7, 11) is 4.56. The summed E-state index contributed by atoms with van der Waals surface area (Å²) in [6.07, 6.45) is 0. The predicted molar refractivity (Wildman–Crippen MR) is 130 cm³/mol. The molecule has 1 aliphatic heterocycles. The maximum Gasteiger partial charge on any atom is 0.345 e. The number of halogens is 1. The van der Waals surface area contributed by atoms with Crippen LogP contribution in [-0.4, -0.2) is 37.6 Å². The average Bonchev–Trinajstić information content (AvgIpc) is 3.34. The van der Waals surface area contributed by atoms with Crippen LogP contribution in [0.2, 0.25) is 0 Å². The Morgan fingerprint density at radius 3 is 2.41 bits per heavy atom. The van der Waals surface area contributed by atoms with E-state index in [4.69, 9.17) is 30.2 Å². The van der Waals surface area contributed by atoms with Crippen LogP contribution in [0, 0.1) is 0 Å². The van der Waals surface area contributed by atoms with E-state index in [1.54, 1.807) is 35.7 Å². The molecule has 1 fully saturated rings. The molecule has 1 aliphatic rings. The molecule has 10 heteroatoms. The average molecular weight is 499 g/mol. The fourth-order valence-electron chi connectivity index (χ4n) is 4.00. The Balaban J connectivity index is 1.54. The number of hydrogen-bond donors (Lipinski definition) is 0. The lowest BCUT2D eigenvalue weighted by Crippen LogP contribution is -2.56. The molecule has 8 nitrogen and oxygen atoms in total. The summed E-state index contributed by atoms with van der Waals surface area (Å²) in [5, 5.41) is 2.13. The number of methoxy groups -OCH3 is 3. The van der Waals surface area contributed by atoms with Crippen LogP contribution in [0.4, 0.5) is 5.13 Å². The monoisotopic (exact) mass is 498 g/mol. The highest BCUT2D eigenvalue weighted by atomic mass is 35.5. The molecule has 0 spiro atoms. The van der Waals surface area contributed by atoms with E-state index in [9.17, 15) is 9.59 Å². The van der Waals surface area contributed by atoms with Crippen LogP contribution in [-0.2, 0) is 4.79 Å². The summed E-state index contributed by atoms with van der Waals surface area (Å²) in [6.45, 7) is 0. The van der Waals surface area contributed by atoms with Gasteiger partial charge in [-0.15, -0.1) is 22.9 Å². The van der Waals surface area contributed by atoms with Crippen LogP contribution in [0.15, 0.2) is 57.1 Å². The van der Waals surface area contributed by atoms with Crippen LogP contribution >= 0.6 is 22.9 Å². The van der Waals surface area contributed by atoms with Gasteiger partial charge in [0, 0.05) is 10.8 Å². The van der Waals surface area contributed by atoms with Crippen molar-refractivity contribution in [3.05, 3.63) is 63.8 Å². The summed E-state index contributed by atoms with van der Waals surface area (Å²) >= 11 is 7.67. The van der Waals surface area contributed by atoms with Gasteiger partial charge in [0.1, 0.15) is 11.0 Å². The summed E-state index contributed by atoms with van der Waals surface area (Å²) in [6, 6.07) is 12.0. The number of carbonyl (C=O) groups excluding carboxylic acids is 1. The molecule has 2 atom stereocenters. The molecule has 2 aromatic carbocycles. The maximum atomic E-state index is 12.8. The second-order valence-electron chi connectivity index (χ2n) is 7.51. The van der Waals surface area contributed by atoms with Crippen molar-refractivity contribution in [3.63, 3.8) is 0 Å². The molecule has 2 unspecified atom stereocenters. The van der Waals surface area contributed by atoms with Crippen LogP contribution in [0.1, 0.15) is 11.6 Å². The SMILES string of the molecule is COc1cc(C2C(Cl)C(=O)N2c2nc(-c3cc4ccccc4oc3=O)cs2)cc(OC)c1OC. The van der Waals surface area contributed by atoms with Gasteiger partial charge in [-0.3, -0.25) is 9.69 Å². The number of ether oxygens (including phenoxy) is 3. The zero-order chi connectivity index (χ0) is 24.0.